The zero-order chi connectivity index (χ0) is 25.0. The Balaban J connectivity index is 1.99. The van der Waals surface area contributed by atoms with Gasteiger partial charge in [-0.15, -0.1) is 0 Å². The van der Waals surface area contributed by atoms with Crippen LogP contribution in [0.1, 0.15) is 52.7 Å². The smallest absolute Gasteiger partial charge is 0.131 e. The van der Waals surface area contributed by atoms with Crippen LogP contribution in [-0.4, -0.2) is 5.11 Å². The van der Waals surface area contributed by atoms with Crippen LogP contribution >= 0.6 is 0 Å². The number of hydrogen-bond acceptors (Lipinski definition) is 1. The predicted octanol–water partition coefficient (Wildman–Crippen LogP) is 9.63. The summed E-state index contributed by atoms with van der Waals surface area (Å²) in [5.74, 6) is 0.370. The second kappa shape index (κ2) is 8.27. The van der Waals surface area contributed by atoms with Gasteiger partial charge >= 0.3 is 0 Å². The van der Waals surface area contributed by atoms with E-state index in [1.807, 2.05) is 0 Å². The van der Waals surface area contributed by atoms with Crippen LogP contribution in [0.15, 0.2) is 91.0 Å². The van der Waals surface area contributed by atoms with Gasteiger partial charge < -0.3 is 5.11 Å². The van der Waals surface area contributed by atoms with Gasteiger partial charge in [-0.25, -0.2) is 0 Å². The highest BCUT2D eigenvalue weighted by atomic mass is 16.3. The Hall–Kier alpha value is -3.58. The Morgan fingerprint density at radius 1 is 0.486 bits per heavy atom. The molecule has 35 heavy (non-hydrogen) atoms. The first kappa shape index (κ1) is 23.2. The Bertz CT molecular complexity index is 1430. The lowest BCUT2D eigenvalue weighted by molar-refractivity contribution is 0.471. The van der Waals surface area contributed by atoms with E-state index < -0.39 is 0 Å². The van der Waals surface area contributed by atoms with Gasteiger partial charge in [-0.2, -0.15) is 0 Å². The maximum atomic E-state index is 12.3. The first-order valence-electron chi connectivity index (χ1n) is 12.4. The third-order valence-corrected chi connectivity index (χ3v) is 7.03. The largest absolute Gasteiger partial charge is 0.507 e. The van der Waals surface area contributed by atoms with Gasteiger partial charge in [-0.05, 0) is 54.6 Å². The van der Waals surface area contributed by atoms with Crippen LogP contribution in [0.3, 0.4) is 0 Å². The van der Waals surface area contributed by atoms with Crippen molar-refractivity contribution in [2.75, 3.05) is 0 Å². The van der Waals surface area contributed by atoms with Crippen LogP contribution in [0.2, 0.25) is 0 Å². The molecule has 1 N–H and O–H groups in total. The first-order chi connectivity index (χ1) is 16.6. The highest BCUT2D eigenvalue weighted by molar-refractivity contribution is 6.04. The van der Waals surface area contributed by atoms with Gasteiger partial charge in [0.05, 0.1) is 0 Å². The van der Waals surface area contributed by atoms with E-state index >= 15 is 0 Å². The van der Waals surface area contributed by atoms with Crippen LogP contribution in [-0.2, 0) is 10.8 Å². The molecular formula is C34H34O. The lowest BCUT2D eigenvalue weighted by atomic mass is 9.73. The number of benzene rings is 5. The average molecular weight is 459 g/mol. The molecule has 0 heterocycles. The molecule has 0 fully saturated rings. The van der Waals surface area contributed by atoms with Gasteiger partial charge in [0.25, 0.3) is 0 Å². The van der Waals surface area contributed by atoms with Gasteiger partial charge in [0.1, 0.15) is 5.75 Å². The molecule has 5 aromatic rings. The predicted molar refractivity (Wildman–Crippen MR) is 151 cm³/mol. The highest BCUT2D eigenvalue weighted by Crippen LogP contribution is 2.51. The van der Waals surface area contributed by atoms with E-state index in [1.165, 1.54) is 21.9 Å². The van der Waals surface area contributed by atoms with Crippen molar-refractivity contribution in [3.8, 4) is 28.0 Å². The Labute approximate surface area is 209 Å². The van der Waals surface area contributed by atoms with Crippen LogP contribution in [0.4, 0.5) is 0 Å². The zero-order valence-electron chi connectivity index (χ0n) is 21.6. The van der Waals surface area contributed by atoms with Gasteiger partial charge in [0.15, 0.2) is 0 Å². The van der Waals surface area contributed by atoms with Crippen molar-refractivity contribution >= 4 is 21.5 Å². The minimum Gasteiger partial charge on any atom is -0.507 e. The molecule has 1 nitrogen and oxygen atoms in total. The summed E-state index contributed by atoms with van der Waals surface area (Å²) in [5, 5.41) is 17.0. The van der Waals surface area contributed by atoms with Crippen molar-refractivity contribution in [1.29, 1.82) is 0 Å². The fourth-order valence-corrected chi connectivity index (χ4v) is 5.28. The second-order valence-electron chi connectivity index (χ2n) is 11.6. The van der Waals surface area contributed by atoms with Crippen molar-refractivity contribution < 1.29 is 5.11 Å². The summed E-state index contributed by atoms with van der Waals surface area (Å²) < 4.78 is 0. The molecule has 5 aromatic carbocycles. The van der Waals surface area contributed by atoms with Crippen LogP contribution < -0.4 is 0 Å². The molecule has 0 aliphatic heterocycles. The molecule has 0 saturated carbocycles. The summed E-state index contributed by atoms with van der Waals surface area (Å²) in [5.41, 5.74) is 6.05. The lowest BCUT2D eigenvalue weighted by Crippen LogP contribution is -2.19. The van der Waals surface area contributed by atoms with Crippen LogP contribution in [0, 0.1) is 0 Å². The molecule has 0 spiro atoms. The number of rotatable bonds is 2. The van der Waals surface area contributed by atoms with Gasteiger partial charge in [-0.3, -0.25) is 0 Å². The fourth-order valence-electron chi connectivity index (χ4n) is 5.28. The molecule has 1 heteroatoms. The topological polar surface area (TPSA) is 20.2 Å². The van der Waals surface area contributed by atoms with E-state index in [4.69, 9.17) is 0 Å². The normalized spacial score (nSPS) is 12.4. The number of aromatic hydroxyl groups is 1. The quantitative estimate of drug-likeness (QED) is 0.279. The molecule has 0 unspecified atom stereocenters. The number of hydrogen-bond donors (Lipinski definition) is 1. The maximum absolute atomic E-state index is 12.3. The molecule has 0 amide bonds. The summed E-state index contributed by atoms with van der Waals surface area (Å²) in [6.07, 6.45) is 0. The third-order valence-electron chi connectivity index (χ3n) is 7.03. The SMILES string of the molecule is CC(C)(C)c1cc(C(C)(C)C)c(-c2cccc3ccccc23)c(O)c1-c1cccc2ccccc12. The van der Waals surface area contributed by atoms with E-state index in [2.05, 4.69) is 133 Å². The Morgan fingerprint density at radius 2 is 0.857 bits per heavy atom. The molecule has 0 atom stereocenters. The van der Waals surface area contributed by atoms with E-state index in [0.717, 1.165) is 33.0 Å². The number of fused-ring (bicyclic) bond motifs is 2. The summed E-state index contributed by atoms with van der Waals surface area (Å²) in [6, 6.07) is 32.0. The summed E-state index contributed by atoms with van der Waals surface area (Å²) in [7, 11) is 0. The molecule has 0 aliphatic rings. The molecule has 0 aromatic heterocycles. The highest BCUT2D eigenvalue weighted by Gasteiger charge is 2.31. The maximum Gasteiger partial charge on any atom is 0.131 e. The third kappa shape index (κ3) is 4.00. The Morgan fingerprint density at radius 3 is 1.26 bits per heavy atom. The van der Waals surface area contributed by atoms with Crippen molar-refractivity contribution in [2.24, 2.45) is 0 Å². The number of phenolic OH excluding ortho intramolecular Hbond substituents is 1. The molecule has 0 radical (unpaired) electrons. The van der Waals surface area contributed by atoms with E-state index in [9.17, 15) is 5.11 Å². The van der Waals surface area contributed by atoms with Gasteiger partial charge in [-0.1, -0.05) is 133 Å². The average Bonchev–Trinajstić information content (AvgIpc) is 2.82. The molecule has 5 rings (SSSR count). The van der Waals surface area contributed by atoms with E-state index in [0.29, 0.717) is 5.75 Å². The lowest BCUT2D eigenvalue weighted by Gasteiger charge is -2.32. The first-order valence-corrected chi connectivity index (χ1v) is 12.4. The van der Waals surface area contributed by atoms with E-state index in [-0.39, 0.29) is 10.8 Å². The van der Waals surface area contributed by atoms with Crippen molar-refractivity contribution in [3.05, 3.63) is 102 Å². The van der Waals surface area contributed by atoms with Gasteiger partial charge in [0, 0.05) is 11.1 Å². The van der Waals surface area contributed by atoms with Crippen LogP contribution in [0.5, 0.6) is 5.75 Å². The second-order valence-corrected chi connectivity index (χ2v) is 11.6. The molecule has 176 valence electrons. The summed E-state index contributed by atoms with van der Waals surface area (Å²) in [4.78, 5) is 0. The van der Waals surface area contributed by atoms with Gasteiger partial charge in [0.2, 0.25) is 0 Å². The molecular weight excluding hydrogens is 424 g/mol. The zero-order valence-corrected chi connectivity index (χ0v) is 21.6. The standard InChI is InChI=1S/C34H34O/c1-33(2,3)28-21-29(34(4,5)6)31(27-20-12-16-23-14-8-10-18-25(23)27)32(35)30(28)26-19-11-15-22-13-7-9-17-24(22)26/h7-21,35H,1-6H3. The summed E-state index contributed by atoms with van der Waals surface area (Å²) >= 11 is 0. The van der Waals surface area contributed by atoms with Crippen molar-refractivity contribution in [1.82, 2.24) is 0 Å². The summed E-state index contributed by atoms with van der Waals surface area (Å²) in [6.45, 7) is 13.4. The molecule has 0 saturated heterocycles. The van der Waals surface area contributed by atoms with Crippen molar-refractivity contribution in [3.63, 3.8) is 0 Å². The molecule has 0 aliphatic carbocycles. The van der Waals surface area contributed by atoms with Crippen molar-refractivity contribution in [2.45, 2.75) is 52.4 Å². The fraction of sp³-hybridized carbons (Fsp3) is 0.235. The minimum absolute atomic E-state index is 0.152. The number of phenols is 1. The monoisotopic (exact) mass is 458 g/mol. The minimum atomic E-state index is -0.152. The van der Waals surface area contributed by atoms with E-state index in [1.54, 1.807) is 0 Å². The van der Waals surface area contributed by atoms with Crippen LogP contribution in [0.25, 0.3) is 43.8 Å². The molecule has 0 bridgehead atoms. The Kier molecular flexibility index (Phi) is 5.48.